The van der Waals surface area contributed by atoms with E-state index in [4.69, 9.17) is 17.3 Å². The summed E-state index contributed by atoms with van der Waals surface area (Å²) in [7, 11) is 0. The summed E-state index contributed by atoms with van der Waals surface area (Å²) in [4.78, 5) is 12.2. The number of nitrogens with two attached hydrogens (primary N) is 1. The van der Waals surface area contributed by atoms with Gasteiger partial charge in [-0.1, -0.05) is 17.7 Å². The van der Waals surface area contributed by atoms with E-state index in [-0.39, 0.29) is 5.57 Å². The van der Waals surface area contributed by atoms with Crippen LogP contribution < -0.4 is 16.4 Å². The third-order valence-electron chi connectivity index (χ3n) is 3.10. The molecule has 0 aliphatic carbocycles. The van der Waals surface area contributed by atoms with Crippen LogP contribution >= 0.6 is 27.5 Å². The molecule has 0 heterocycles. The van der Waals surface area contributed by atoms with Crippen LogP contribution in [0.2, 0.25) is 5.02 Å². The summed E-state index contributed by atoms with van der Waals surface area (Å²) < 4.78 is 0.832. The predicted molar refractivity (Wildman–Crippen MR) is 101 cm³/mol. The highest BCUT2D eigenvalue weighted by Gasteiger charge is 2.11. The van der Waals surface area contributed by atoms with Crippen molar-refractivity contribution in [3.63, 3.8) is 0 Å². The molecule has 0 fully saturated rings. The Balaban J connectivity index is 2.15. The van der Waals surface area contributed by atoms with E-state index in [2.05, 4.69) is 26.6 Å². The van der Waals surface area contributed by atoms with Crippen LogP contribution in [0.25, 0.3) is 0 Å². The number of rotatable bonds is 4. The topological polar surface area (TPSA) is 90.9 Å². The molecule has 122 valence electrons. The highest BCUT2D eigenvalue weighted by molar-refractivity contribution is 9.10. The molecule has 7 heteroatoms. The molecule has 0 saturated carbocycles. The van der Waals surface area contributed by atoms with Gasteiger partial charge in [0.1, 0.15) is 11.6 Å². The van der Waals surface area contributed by atoms with Crippen LogP contribution in [0.15, 0.2) is 52.6 Å². The average Bonchev–Trinajstić information content (AvgIpc) is 2.52. The van der Waals surface area contributed by atoms with Crippen molar-refractivity contribution >= 4 is 50.5 Å². The third kappa shape index (κ3) is 4.51. The number of amides is 1. The number of carbonyl (C=O) groups excluding carboxylic acids is 1. The molecule has 1 amide bonds. The lowest BCUT2D eigenvalue weighted by atomic mass is 10.2. The molecule has 0 atom stereocenters. The quantitative estimate of drug-likeness (QED) is 0.398. The molecule has 2 rings (SSSR count). The summed E-state index contributed by atoms with van der Waals surface area (Å²) >= 11 is 9.43. The average molecular weight is 406 g/mol. The Morgan fingerprint density at radius 3 is 2.62 bits per heavy atom. The van der Waals surface area contributed by atoms with E-state index in [1.54, 1.807) is 12.1 Å². The van der Waals surface area contributed by atoms with Gasteiger partial charge in [0, 0.05) is 16.4 Å². The first-order chi connectivity index (χ1) is 11.4. The predicted octanol–water partition coefficient (Wildman–Crippen LogP) is 4.45. The fourth-order valence-electron chi connectivity index (χ4n) is 1.86. The lowest BCUT2D eigenvalue weighted by Gasteiger charge is -2.08. The maximum atomic E-state index is 12.2. The van der Waals surface area contributed by atoms with E-state index < -0.39 is 5.91 Å². The molecule has 2 aromatic rings. The lowest BCUT2D eigenvalue weighted by molar-refractivity contribution is -0.112. The zero-order chi connectivity index (χ0) is 17.7. The van der Waals surface area contributed by atoms with Gasteiger partial charge in [-0.2, -0.15) is 5.26 Å². The molecule has 0 radical (unpaired) electrons. The number of halogens is 2. The number of nitriles is 1. The number of hydrogen-bond donors (Lipinski definition) is 3. The number of benzene rings is 2. The van der Waals surface area contributed by atoms with Gasteiger partial charge in [0.2, 0.25) is 0 Å². The van der Waals surface area contributed by atoms with Gasteiger partial charge in [-0.25, -0.2) is 0 Å². The second-order valence-electron chi connectivity index (χ2n) is 4.99. The first-order valence-electron chi connectivity index (χ1n) is 6.90. The summed E-state index contributed by atoms with van der Waals surface area (Å²) in [6.07, 6.45) is 1.34. The minimum absolute atomic E-state index is 0.0876. The van der Waals surface area contributed by atoms with E-state index in [0.717, 1.165) is 15.7 Å². The molecule has 0 saturated heterocycles. The van der Waals surface area contributed by atoms with Crippen LogP contribution in [0.5, 0.6) is 0 Å². The Kier molecular flexibility index (Phi) is 5.85. The number of nitrogens with zero attached hydrogens (tertiary/aromatic N) is 1. The second kappa shape index (κ2) is 7.86. The van der Waals surface area contributed by atoms with E-state index >= 15 is 0 Å². The van der Waals surface area contributed by atoms with Gasteiger partial charge in [-0.15, -0.1) is 0 Å². The van der Waals surface area contributed by atoms with E-state index in [9.17, 15) is 10.1 Å². The maximum absolute atomic E-state index is 12.2. The maximum Gasteiger partial charge on any atom is 0.267 e. The molecule has 0 bridgehead atoms. The van der Waals surface area contributed by atoms with Crippen molar-refractivity contribution in [1.29, 1.82) is 5.26 Å². The molecule has 0 aliphatic rings. The molecule has 5 nitrogen and oxygen atoms in total. The van der Waals surface area contributed by atoms with Crippen molar-refractivity contribution in [2.24, 2.45) is 0 Å². The number of hydrogen-bond acceptors (Lipinski definition) is 4. The van der Waals surface area contributed by atoms with Crippen LogP contribution in [0.4, 0.5) is 17.1 Å². The summed E-state index contributed by atoms with van der Waals surface area (Å²) in [5.41, 5.74) is 8.22. The first-order valence-corrected chi connectivity index (χ1v) is 8.07. The minimum atomic E-state index is -0.570. The fraction of sp³-hybridized carbons (Fsp3) is 0.0588. The molecule has 0 aliphatic heterocycles. The number of anilines is 3. The van der Waals surface area contributed by atoms with Crippen LogP contribution in [0.3, 0.4) is 0 Å². The standard InChI is InChI=1S/C17H14BrClN4O/c1-10-2-4-15(13(18)6-10)22-9-11(8-20)17(24)23-16-5-3-12(21)7-14(16)19/h2-7,9,22H,21H2,1H3,(H,23,24)/b11-9-. The number of nitrogen functional groups attached to an aromatic ring is 1. The molecule has 24 heavy (non-hydrogen) atoms. The fourth-order valence-corrected chi connectivity index (χ4v) is 2.70. The van der Waals surface area contributed by atoms with Crippen molar-refractivity contribution in [2.45, 2.75) is 6.92 Å². The van der Waals surface area contributed by atoms with Gasteiger partial charge in [-0.3, -0.25) is 4.79 Å². The summed E-state index contributed by atoms with van der Waals surface area (Å²) in [6.45, 7) is 1.97. The molecule has 0 unspecified atom stereocenters. The minimum Gasteiger partial charge on any atom is -0.399 e. The zero-order valence-electron chi connectivity index (χ0n) is 12.7. The van der Waals surface area contributed by atoms with E-state index in [1.165, 1.54) is 12.3 Å². The Hall–Kier alpha value is -2.49. The molecule has 0 spiro atoms. The number of nitrogens with one attached hydrogen (secondary N) is 2. The van der Waals surface area contributed by atoms with Crippen LogP contribution in [-0.2, 0) is 4.79 Å². The van der Waals surface area contributed by atoms with Crippen molar-refractivity contribution in [2.75, 3.05) is 16.4 Å². The molecule has 2 aromatic carbocycles. The van der Waals surface area contributed by atoms with Crippen molar-refractivity contribution < 1.29 is 4.79 Å². The first kappa shape index (κ1) is 17.9. The molecular weight excluding hydrogens is 392 g/mol. The summed E-state index contributed by atoms with van der Waals surface area (Å²) in [5.74, 6) is -0.570. The van der Waals surface area contributed by atoms with Gasteiger partial charge in [0.05, 0.1) is 16.4 Å². The number of aryl methyl sites for hydroxylation is 1. The number of carbonyl (C=O) groups is 1. The largest absolute Gasteiger partial charge is 0.399 e. The SMILES string of the molecule is Cc1ccc(N/C=C(/C#N)C(=O)Nc2ccc(N)cc2Cl)c(Br)c1. The monoisotopic (exact) mass is 404 g/mol. The molecule has 4 N–H and O–H groups in total. The highest BCUT2D eigenvalue weighted by Crippen LogP contribution is 2.25. The van der Waals surface area contributed by atoms with Gasteiger partial charge in [-0.05, 0) is 58.7 Å². The Bertz CT molecular complexity index is 858. The van der Waals surface area contributed by atoms with Crippen molar-refractivity contribution in [3.8, 4) is 6.07 Å². The van der Waals surface area contributed by atoms with Crippen molar-refractivity contribution in [1.82, 2.24) is 0 Å². The highest BCUT2D eigenvalue weighted by atomic mass is 79.9. The Morgan fingerprint density at radius 2 is 2.00 bits per heavy atom. The Morgan fingerprint density at radius 1 is 1.29 bits per heavy atom. The van der Waals surface area contributed by atoms with Gasteiger partial charge in [0.15, 0.2) is 0 Å². The summed E-state index contributed by atoms with van der Waals surface area (Å²) in [5, 5.41) is 15.0. The Labute approximate surface area is 153 Å². The zero-order valence-corrected chi connectivity index (χ0v) is 15.1. The van der Waals surface area contributed by atoms with Crippen LogP contribution in [0, 0.1) is 18.3 Å². The van der Waals surface area contributed by atoms with Crippen molar-refractivity contribution in [3.05, 3.63) is 63.2 Å². The van der Waals surface area contributed by atoms with Gasteiger partial charge < -0.3 is 16.4 Å². The molecular formula is C17H14BrClN4O. The molecule has 0 aromatic heterocycles. The normalized spacial score (nSPS) is 10.8. The van der Waals surface area contributed by atoms with E-state index in [0.29, 0.717) is 16.4 Å². The second-order valence-corrected chi connectivity index (χ2v) is 6.25. The van der Waals surface area contributed by atoms with E-state index in [1.807, 2.05) is 31.2 Å². The summed E-state index contributed by atoms with van der Waals surface area (Å²) in [6, 6.07) is 12.3. The third-order valence-corrected chi connectivity index (χ3v) is 4.07. The van der Waals surface area contributed by atoms with Crippen LogP contribution in [-0.4, -0.2) is 5.91 Å². The van der Waals surface area contributed by atoms with Gasteiger partial charge >= 0.3 is 0 Å². The lowest BCUT2D eigenvalue weighted by Crippen LogP contribution is -2.15. The van der Waals surface area contributed by atoms with Gasteiger partial charge in [0.25, 0.3) is 5.91 Å². The smallest absolute Gasteiger partial charge is 0.267 e. The van der Waals surface area contributed by atoms with Crippen LogP contribution in [0.1, 0.15) is 5.56 Å².